The summed E-state index contributed by atoms with van der Waals surface area (Å²) in [5.74, 6) is -0.948. The molecule has 2 atom stereocenters. The lowest BCUT2D eigenvalue weighted by Crippen LogP contribution is -2.37. The zero-order valence-electron chi connectivity index (χ0n) is 36.9. The molecule has 0 saturated carbocycles. The Labute approximate surface area is 353 Å². The maximum Gasteiger partial charge on any atom is 0.306 e. The van der Waals surface area contributed by atoms with Crippen LogP contribution in [0.5, 0.6) is 0 Å². The molecule has 0 N–H and O–H groups in total. The Morgan fingerprint density at radius 1 is 0.534 bits per heavy atom. The van der Waals surface area contributed by atoms with Gasteiger partial charge in [0.15, 0.2) is 6.10 Å². The average Bonchev–Trinajstić information content (AvgIpc) is 3.17. The topological polar surface area (TPSA) is 111 Å². The number of ether oxygens (including phenoxy) is 2. The number of hydrogen-bond acceptors (Lipinski definition) is 8. The Hall–Kier alpha value is -3.07. The predicted octanol–water partition coefficient (Wildman–Crippen LogP) is 11.9. The second kappa shape index (κ2) is 39.4. The number of phosphoric ester groups is 1. The minimum absolute atomic E-state index is 0.0521. The van der Waals surface area contributed by atoms with Crippen LogP contribution in [-0.2, 0) is 32.7 Å². The van der Waals surface area contributed by atoms with Crippen LogP contribution in [0.25, 0.3) is 0 Å². The maximum atomic E-state index is 12.7. The second-order valence-corrected chi connectivity index (χ2v) is 16.8. The second-order valence-electron chi connectivity index (χ2n) is 15.3. The standard InChI is InChI=1S/C48H80NO8P/c1-6-8-10-12-14-16-18-20-22-24-26-28-30-32-34-36-38-40-47(50)54-44-46(45-56-58(52,53)55-43-42-49(3,4)5)57-48(51)41-39-37-35-33-31-29-27-25-23-21-19-17-15-13-11-9-7-2/h10,12,15-18,21-24,27-30,33,35,46H,6-9,11,13-14,19-20,25-26,31-32,34,36-45H2,1-5H3/b12-10+,17-15+,18-16+,23-21+,24-22+,29-27+,30-28+,35-33+/t46-/m1/s1. The van der Waals surface area contributed by atoms with Gasteiger partial charge in [0.2, 0.25) is 0 Å². The van der Waals surface area contributed by atoms with Crippen LogP contribution in [0.3, 0.4) is 0 Å². The lowest BCUT2D eigenvalue weighted by atomic mass is 10.1. The van der Waals surface area contributed by atoms with E-state index in [-0.39, 0.29) is 26.1 Å². The zero-order valence-corrected chi connectivity index (χ0v) is 37.8. The molecule has 9 nitrogen and oxygen atoms in total. The van der Waals surface area contributed by atoms with Gasteiger partial charge in [-0.3, -0.25) is 14.2 Å². The monoisotopic (exact) mass is 830 g/mol. The number of phosphoric acid groups is 1. The number of quaternary nitrogens is 1. The Kier molecular flexibility index (Phi) is 37.3. The van der Waals surface area contributed by atoms with Crippen molar-refractivity contribution < 1.29 is 42.1 Å². The van der Waals surface area contributed by atoms with Crippen molar-refractivity contribution in [2.75, 3.05) is 47.5 Å². The van der Waals surface area contributed by atoms with Gasteiger partial charge in [-0.1, -0.05) is 137 Å². The van der Waals surface area contributed by atoms with Gasteiger partial charge in [0.25, 0.3) is 7.82 Å². The predicted molar refractivity (Wildman–Crippen MR) is 240 cm³/mol. The molecule has 0 fully saturated rings. The molecule has 0 aromatic heterocycles. The smallest absolute Gasteiger partial charge is 0.306 e. The average molecular weight is 830 g/mol. The summed E-state index contributed by atoms with van der Waals surface area (Å²) < 4.78 is 33.8. The molecule has 58 heavy (non-hydrogen) atoms. The highest BCUT2D eigenvalue weighted by molar-refractivity contribution is 7.45. The normalized spacial score (nSPS) is 14.5. The highest BCUT2D eigenvalue weighted by Crippen LogP contribution is 2.38. The number of carbonyl (C=O) groups is 2. The first kappa shape index (κ1) is 54.9. The molecular formula is C48H80NO8P. The lowest BCUT2D eigenvalue weighted by molar-refractivity contribution is -0.870. The molecule has 0 bridgehead atoms. The minimum Gasteiger partial charge on any atom is -0.756 e. The molecule has 0 aliphatic rings. The molecule has 1 unspecified atom stereocenters. The van der Waals surface area contributed by atoms with Gasteiger partial charge in [0.05, 0.1) is 27.7 Å². The van der Waals surface area contributed by atoms with Crippen LogP contribution in [0.4, 0.5) is 0 Å². The summed E-state index contributed by atoms with van der Waals surface area (Å²) >= 11 is 0. The molecule has 0 aliphatic carbocycles. The van der Waals surface area contributed by atoms with Crippen molar-refractivity contribution in [3.8, 4) is 0 Å². The fraction of sp³-hybridized carbons (Fsp3) is 0.625. The fourth-order valence-electron chi connectivity index (χ4n) is 5.11. The van der Waals surface area contributed by atoms with Crippen molar-refractivity contribution in [3.05, 3.63) is 97.2 Å². The Bertz CT molecular complexity index is 1300. The van der Waals surface area contributed by atoms with Crippen molar-refractivity contribution in [2.24, 2.45) is 0 Å². The van der Waals surface area contributed by atoms with E-state index < -0.39 is 32.5 Å². The first-order chi connectivity index (χ1) is 28.0. The molecule has 0 rings (SSSR count). The number of hydrogen-bond donors (Lipinski definition) is 0. The Morgan fingerprint density at radius 2 is 0.983 bits per heavy atom. The van der Waals surface area contributed by atoms with Gasteiger partial charge in [-0.25, -0.2) is 0 Å². The van der Waals surface area contributed by atoms with Crippen molar-refractivity contribution >= 4 is 19.8 Å². The Balaban J connectivity index is 4.55. The van der Waals surface area contributed by atoms with Crippen LogP contribution in [-0.4, -0.2) is 70.0 Å². The summed E-state index contributed by atoms with van der Waals surface area (Å²) in [6.45, 7) is 4.00. The molecule has 0 aromatic carbocycles. The molecular weight excluding hydrogens is 750 g/mol. The van der Waals surface area contributed by atoms with Crippen molar-refractivity contribution in [1.82, 2.24) is 0 Å². The number of esters is 2. The SMILES string of the molecule is CCC/C=C/C/C=C/C/C=C/C/C=C/CCCCCC(=O)OC[C@H](COP(=O)([O-])OCC[N+](C)(C)C)OC(=O)CCC/C=C/C/C=C/C/C=C/C/C=C/CCCCC. The van der Waals surface area contributed by atoms with Gasteiger partial charge in [0.1, 0.15) is 19.8 Å². The molecule has 0 heterocycles. The van der Waals surface area contributed by atoms with Crippen molar-refractivity contribution in [1.29, 1.82) is 0 Å². The van der Waals surface area contributed by atoms with E-state index in [4.69, 9.17) is 18.5 Å². The van der Waals surface area contributed by atoms with E-state index in [2.05, 4.69) is 105 Å². The molecule has 0 spiro atoms. The largest absolute Gasteiger partial charge is 0.756 e. The quantitative estimate of drug-likeness (QED) is 0.0199. The third kappa shape index (κ3) is 42.5. The maximum absolute atomic E-state index is 12.7. The van der Waals surface area contributed by atoms with E-state index in [1.54, 1.807) is 0 Å². The van der Waals surface area contributed by atoms with Crippen LogP contribution >= 0.6 is 7.82 Å². The number of unbranched alkanes of at least 4 members (excludes halogenated alkanes) is 8. The van der Waals surface area contributed by atoms with Crippen LogP contribution in [0.2, 0.25) is 0 Å². The van der Waals surface area contributed by atoms with E-state index >= 15 is 0 Å². The van der Waals surface area contributed by atoms with E-state index in [0.29, 0.717) is 30.3 Å². The van der Waals surface area contributed by atoms with Gasteiger partial charge >= 0.3 is 11.9 Å². The highest BCUT2D eigenvalue weighted by Gasteiger charge is 2.21. The summed E-state index contributed by atoms with van der Waals surface area (Å²) in [6, 6.07) is 0. The number of nitrogens with zero attached hydrogens (tertiary/aromatic N) is 1. The van der Waals surface area contributed by atoms with Crippen molar-refractivity contribution in [3.63, 3.8) is 0 Å². The van der Waals surface area contributed by atoms with Gasteiger partial charge in [-0.2, -0.15) is 0 Å². The molecule has 0 aromatic rings. The number of allylic oxidation sites excluding steroid dienone is 16. The summed E-state index contributed by atoms with van der Waals surface area (Å²) in [6.07, 6.45) is 51.5. The molecule has 0 amide bonds. The fourth-order valence-corrected chi connectivity index (χ4v) is 5.83. The lowest BCUT2D eigenvalue weighted by Gasteiger charge is -2.28. The van der Waals surface area contributed by atoms with E-state index in [0.717, 1.165) is 70.6 Å². The minimum atomic E-state index is -4.65. The number of rotatable bonds is 38. The molecule has 0 saturated heterocycles. The van der Waals surface area contributed by atoms with Crippen LogP contribution < -0.4 is 4.89 Å². The number of carbonyl (C=O) groups excluding carboxylic acids is 2. The van der Waals surface area contributed by atoms with Crippen LogP contribution in [0.1, 0.15) is 142 Å². The van der Waals surface area contributed by atoms with E-state index in [9.17, 15) is 19.0 Å². The van der Waals surface area contributed by atoms with Crippen LogP contribution in [0.15, 0.2) is 97.2 Å². The third-order valence-corrected chi connectivity index (χ3v) is 9.52. The molecule has 0 aliphatic heterocycles. The highest BCUT2D eigenvalue weighted by atomic mass is 31.2. The van der Waals surface area contributed by atoms with E-state index in [1.165, 1.54) is 25.7 Å². The summed E-state index contributed by atoms with van der Waals surface area (Å²) in [5, 5.41) is 0. The zero-order chi connectivity index (χ0) is 42.8. The molecule has 10 heteroatoms. The van der Waals surface area contributed by atoms with Gasteiger partial charge in [0, 0.05) is 12.8 Å². The molecule has 0 radical (unpaired) electrons. The van der Waals surface area contributed by atoms with Crippen LogP contribution in [0, 0.1) is 0 Å². The first-order valence-electron chi connectivity index (χ1n) is 21.9. The summed E-state index contributed by atoms with van der Waals surface area (Å²) in [4.78, 5) is 37.5. The van der Waals surface area contributed by atoms with Gasteiger partial charge in [-0.15, -0.1) is 0 Å². The third-order valence-electron chi connectivity index (χ3n) is 8.56. The van der Waals surface area contributed by atoms with Gasteiger partial charge in [-0.05, 0) is 89.9 Å². The van der Waals surface area contributed by atoms with Gasteiger partial charge < -0.3 is 27.9 Å². The number of likely N-dealkylation sites (N-methyl/N-ethyl adjacent to an activating group) is 1. The summed E-state index contributed by atoms with van der Waals surface area (Å²) in [7, 11) is 1.09. The molecule has 330 valence electrons. The first-order valence-corrected chi connectivity index (χ1v) is 23.4. The summed E-state index contributed by atoms with van der Waals surface area (Å²) in [5.41, 5.74) is 0. The Morgan fingerprint density at radius 3 is 1.47 bits per heavy atom. The van der Waals surface area contributed by atoms with Crippen molar-refractivity contribution in [2.45, 2.75) is 148 Å². The van der Waals surface area contributed by atoms with E-state index in [1.807, 2.05) is 27.2 Å².